The molecule has 0 radical (unpaired) electrons. The van der Waals surface area contributed by atoms with Gasteiger partial charge in [-0.3, -0.25) is 9.69 Å². The van der Waals surface area contributed by atoms with Crippen molar-refractivity contribution in [1.29, 1.82) is 0 Å². The van der Waals surface area contributed by atoms with E-state index in [-0.39, 0.29) is 11.9 Å². The third kappa shape index (κ3) is 5.33. The first-order valence-corrected chi connectivity index (χ1v) is 9.75. The van der Waals surface area contributed by atoms with Crippen LogP contribution >= 0.6 is 0 Å². The molecule has 2 aromatic rings. The van der Waals surface area contributed by atoms with Crippen molar-refractivity contribution in [2.24, 2.45) is 11.8 Å². The van der Waals surface area contributed by atoms with E-state index in [1.807, 2.05) is 42.5 Å². The van der Waals surface area contributed by atoms with Gasteiger partial charge in [-0.25, -0.2) is 0 Å². The Hall–Kier alpha value is -2.33. The number of hydrogen-bond donors (Lipinski definition) is 1. The Morgan fingerprint density at radius 3 is 2.22 bits per heavy atom. The molecule has 4 heteroatoms. The summed E-state index contributed by atoms with van der Waals surface area (Å²) in [6.07, 6.45) is 1.25. The van der Waals surface area contributed by atoms with Crippen LogP contribution in [-0.4, -0.2) is 37.6 Å². The lowest BCUT2D eigenvalue weighted by molar-refractivity contribution is -0.123. The van der Waals surface area contributed by atoms with E-state index in [9.17, 15) is 4.79 Å². The quantitative estimate of drug-likeness (QED) is 0.844. The van der Waals surface area contributed by atoms with Gasteiger partial charge in [0.1, 0.15) is 5.75 Å². The van der Waals surface area contributed by atoms with Gasteiger partial charge in [0.25, 0.3) is 0 Å². The second kappa shape index (κ2) is 9.05. The van der Waals surface area contributed by atoms with Crippen molar-refractivity contribution in [2.75, 3.05) is 26.7 Å². The molecule has 0 bridgehead atoms. The van der Waals surface area contributed by atoms with Gasteiger partial charge in [0.2, 0.25) is 5.91 Å². The average Bonchev–Trinajstić information content (AvgIpc) is 2.66. The highest BCUT2D eigenvalue weighted by Crippen LogP contribution is 2.25. The second-order valence-electron chi connectivity index (χ2n) is 7.82. The molecule has 1 aliphatic rings. The molecule has 1 saturated heterocycles. The molecule has 1 fully saturated rings. The lowest BCUT2D eigenvalue weighted by Crippen LogP contribution is -2.45. The van der Waals surface area contributed by atoms with Gasteiger partial charge in [-0.2, -0.15) is 0 Å². The zero-order valence-corrected chi connectivity index (χ0v) is 16.5. The molecule has 1 aliphatic heterocycles. The number of methoxy groups -OCH3 is 1. The van der Waals surface area contributed by atoms with Crippen LogP contribution < -0.4 is 10.1 Å². The van der Waals surface area contributed by atoms with Gasteiger partial charge in [0.15, 0.2) is 0 Å². The van der Waals surface area contributed by atoms with Crippen molar-refractivity contribution in [3.63, 3.8) is 0 Å². The van der Waals surface area contributed by atoms with Crippen molar-refractivity contribution < 1.29 is 9.53 Å². The lowest BCUT2D eigenvalue weighted by Gasteiger charge is -2.34. The average molecular weight is 367 g/mol. The molecule has 0 aliphatic carbocycles. The maximum Gasteiger partial charge on any atom is 0.234 e. The van der Waals surface area contributed by atoms with Gasteiger partial charge in [-0.05, 0) is 41.5 Å². The van der Waals surface area contributed by atoms with Crippen LogP contribution in [0.25, 0.3) is 0 Å². The predicted molar refractivity (Wildman–Crippen MR) is 109 cm³/mol. The summed E-state index contributed by atoms with van der Waals surface area (Å²) in [7, 11) is 1.66. The van der Waals surface area contributed by atoms with Gasteiger partial charge < -0.3 is 10.1 Å². The summed E-state index contributed by atoms with van der Waals surface area (Å²) >= 11 is 0. The van der Waals surface area contributed by atoms with Gasteiger partial charge in [-0.15, -0.1) is 0 Å². The normalized spacial score (nSPS) is 21.4. The van der Waals surface area contributed by atoms with E-state index in [2.05, 4.69) is 36.2 Å². The standard InChI is InChI=1S/C23H30N2O2/c1-17-13-18(2)15-25(14-17)16-22(26)24-23(19-7-5-4-6-8-19)20-9-11-21(27-3)12-10-20/h4-12,17-18,23H,13-16H2,1-3H3,(H,24,26)/t17-,18+,23-/m0/s1. The lowest BCUT2D eigenvalue weighted by atomic mass is 9.92. The Bertz CT molecular complexity index is 720. The third-order valence-electron chi connectivity index (χ3n) is 5.20. The van der Waals surface area contributed by atoms with E-state index in [4.69, 9.17) is 4.74 Å². The molecule has 2 aromatic carbocycles. The molecule has 0 spiro atoms. The summed E-state index contributed by atoms with van der Waals surface area (Å²) in [6.45, 7) is 6.98. The van der Waals surface area contributed by atoms with E-state index < -0.39 is 0 Å². The maximum absolute atomic E-state index is 12.8. The van der Waals surface area contributed by atoms with E-state index in [0.717, 1.165) is 30.0 Å². The van der Waals surface area contributed by atoms with Crippen LogP contribution in [0.2, 0.25) is 0 Å². The molecule has 1 amide bonds. The number of nitrogens with one attached hydrogen (secondary N) is 1. The van der Waals surface area contributed by atoms with Crippen molar-refractivity contribution in [1.82, 2.24) is 10.2 Å². The summed E-state index contributed by atoms with van der Waals surface area (Å²) in [6, 6.07) is 17.9. The van der Waals surface area contributed by atoms with Crippen LogP contribution in [0.1, 0.15) is 37.4 Å². The van der Waals surface area contributed by atoms with E-state index in [0.29, 0.717) is 18.4 Å². The number of rotatable bonds is 6. The van der Waals surface area contributed by atoms with Gasteiger partial charge >= 0.3 is 0 Å². The zero-order valence-electron chi connectivity index (χ0n) is 16.5. The first-order valence-electron chi connectivity index (χ1n) is 9.75. The van der Waals surface area contributed by atoms with Crippen molar-refractivity contribution in [3.05, 3.63) is 65.7 Å². The molecule has 4 nitrogen and oxygen atoms in total. The number of carbonyl (C=O) groups excluding carboxylic acids is 1. The van der Waals surface area contributed by atoms with E-state index in [1.54, 1.807) is 7.11 Å². The predicted octanol–water partition coefficient (Wildman–Crippen LogP) is 3.88. The SMILES string of the molecule is COc1ccc([C@@H](NC(=O)CN2C[C@H](C)C[C@H](C)C2)c2ccccc2)cc1. The number of carbonyl (C=O) groups is 1. The number of benzene rings is 2. The third-order valence-corrected chi connectivity index (χ3v) is 5.20. The Labute approximate surface area is 162 Å². The minimum atomic E-state index is -0.163. The highest BCUT2D eigenvalue weighted by Gasteiger charge is 2.24. The molecule has 27 heavy (non-hydrogen) atoms. The van der Waals surface area contributed by atoms with Crippen molar-refractivity contribution in [2.45, 2.75) is 26.3 Å². The number of ether oxygens (including phenoxy) is 1. The smallest absolute Gasteiger partial charge is 0.234 e. The molecule has 3 atom stereocenters. The maximum atomic E-state index is 12.8. The Balaban J connectivity index is 1.74. The number of nitrogens with zero attached hydrogens (tertiary/aromatic N) is 1. The molecule has 1 N–H and O–H groups in total. The molecular formula is C23H30N2O2. The van der Waals surface area contributed by atoms with Gasteiger partial charge in [0, 0.05) is 13.1 Å². The second-order valence-corrected chi connectivity index (χ2v) is 7.82. The number of amides is 1. The number of hydrogen-bond acceptors (Lipinski definition) is 3. The molecule has 3 rings (SSSR count). The minimum absolute atomic E-state index is 0.0703. The topological polar surface area (TPSA) is 41.6 Å². The fraction of sp³-hybridized carbons (Fsp3) is 0.435. The minimum Gasteiger partial charge on any atom is -0.497 e. The van der Waals surface area contributed by atoms with Gasteiger partial charge in [-0.1, -0.05) is 56.3 Å². The first kappa shape index (κ1) is 19.4. The fourth-order valence-electron chi connectivity index (χ4n) is 4.13. The molecule has 0 unspecified atom stereocenters. The highest BCUT2D eigenvalue weighted by molar-refractivity contribution is 5.79. The van der Waals surface area contributed by atoms with E-state index in [1.165, 1.54) is 6.42 Å². The summed E-state index contributed by atoms with van der Waals surface area (Å²) in [5.74, 6) is 2.18. The van der Waals surface area contributed by atoms with Crippen LogP contribution in [-0.2, 0) is 4.79 Å². The van der Waals surface area contributed by atoms with Crippen LogP contribution in [0, 0.1) is 11.8 Å². The van der Waals surface area contributed by atoms with E-state index >= 15 is 0 Å². The monoisotopic (exact) mass is 366 g/mol. The molecule has 144 valence electrons. The van der Waals surface area contributed by atoms with Crippen molar-refractivity contribution in [3.8, 4) is 5.75 Å². The molecule has 0 saturated carbocycles. The molecule has 0 aromatic heterocycles. The summed E-state index contributed by atoms with van der Waals surface area (Å²) < 4.78 is 5.26. The largest absolute Gasteiger partial charge is 0.497 e. The highest BCUT2D eigenvalue weighted by atomic mass is 16.5. The zero-order chi connectivity index (χ0) is 19.2. The first-order chi connectivity index (χ1) is 13.0. The van der Waals surface area contributed by atoms with Crippen LogP contribution in [0.4, 0.5) is 0 Å². The molecule has 1 heterocycles. The van der Waals surface area contributed by atoms with Gasteiger partial charge in [0.05, 0.1) is 19.7 Å². The van der Waals surface area contributed by atoms with Crippen molar-refractivity contribution >= 4 is 5.91 Å². The summed E-state index contributed by atoms with van der Waals surface area (Å²) in [5, 5.41) is 3.24. The van der Waals surface area contributed by atoms with Crippen LogP contribution in [0.5, 0.6) is 5.75 Å². The number of piperidine rings is 1. The summed E-state index contributed by atoms with van der Waals surface area (Å²) in [5.41, 5.74) is 2.13. The Kier molecular flexibility index (Phi) is 6.51. The number of likely N-dealkylation sites (tertiary alicyclic amines) is 1. The fourth-order valence-corrected chi connectivity index (χ4v) is 4.13. The molecular weight excluding hydrogens is 336 g/mol. The summed E-state index contributed by atoms with van der Waals surface area (Å²) in [4.78, 5) is 15.1. The van der Waals surface area contributed by atoms with Crippen LogP contribution in [0.15, 0.2) is 54.6 Å². The Morgan fingerprint density at radius 2 is 1.63 bits per heavy atom. The van der Waals surface area contributed by atoms with Crippen LogP contribution in [0.3, 0.4) is 0 Å². The Morgan fingerprint density at radius 1 is 1.04 bits per heavy atom.